The molecule has 3 rings (SSSR count). The standard InChI is InChI=1S/C19H26N2O3/c1-14-5-7-15(8-6-14)13-21-17(9-10-18(21)22)19(23)20-12-16-4-2-3-11-24-16/h5-8,16-17H,2-4,9-13H2,1H3,(H,20,23)/t16-,17-/m0/s1. The van der Waals surface area contributed by atoms with Crippen molar-refractivity contribution in [2.45, 2.75) is 57.7 Å². The van der Waals surface area contributed by atoms with Gasteiger partial charge in [-0.15, -0.1) is 0 Å². The van der Waals surface area contributed by atoms with Crippen molar-refractivity contribution < 1.29 is 14.3 Å². The van der Waals surface area contributed by atoms with Gasteiger partial charge < -0.3 is 15.0 Å². The lowest BCUT2D eigenvalue weighted by Gasteiger charge is -2.26. The highest BCUT2D eigenvalue weighted by molar-refractivity contribution is 5.90. The Labute approximate surface area is 143 Å². The summed E-state index contributed by atoms with van der Waals surface area (Å²) in [5.74, 6) is 0.00627. The summed E-state index contributed by atoms with van der Waals surface area (Å²) >= 11 is 0. The SMILES string of the molecule is Cc1ccc(CN2C(=O)CC[C@H]2C(=O)NC[C@@H]2CCCCO2)cc1. The molecule has 0 aromatic heterocycles. The maximum absolute atomic E-state index is 12.5. The molecule has 0 saturated carbocycles. The van der Waals surface area contributed by atoms with Crippen LogP contribution in [0.5, 0.6) is 0 Å². The van der Waals surface area contributed by atoms with Crippen molar-refractivity contribution in [1.29, 1.82) is 0 Å². The number of hydrogen-bond acceptors (Lipinski definition) is 3. The fourth-order valence-corrected chi connectivity index (χ4v) is 3.40. The predicted octanol–water partition coefficient (Wildman–Crippen LogP) is 2.17. The number of nitrogens with zero attached hydrogens (tertiary/aromatic N) is 1. The second-order valence-corrected chi connectivity index (χ2v) is 6.80. The Balaban J connectivity index is 1.57. The topological polar surface area (TPSA) is 58.6 Å². The monoisotopic (exact) mass is 330 g/mol. The third-order valence-corrected chi connectivity index (χ3v) is 4.88. The van der Waals surface area contributed by atoms with Crippen LogP contribution in [0.3, 0.4) is 0 Å². The van der Waals surface area contributed by atoms with Crippen LogP contribution in [0.15, 0.2) is 24.3 Å². The van der Waals surface area contributed by atoms with Gasteiger partial charge in [0.05, 0.1) is 6.10 Å². The van der Waals surface area contributed by atoms with Gasteiger partial charge in [-0.2, -0.15) is 0 Å². The molecule has 0 bridgehead atoms. The molecule has 5 nitrogen and oxygen atoms in total. The average molecular weight is 330 g/mol. The van der Waals surface area contributed by atoms with Crippen molar-refractivity contribution in [3.63, 3.8) is 0 Å². The lowest BCUT2D eigenvalue weighted by molar-refractivity contribution is -0.136. The van der Waals surface area contributed by atoms with Crippen LogP contribution in [0.4, 0.5) is 0 Å². The highest BCUT2D eigenvalue weighted by Crippen LogP contribution is 2.22. The van der Waals surface area contributed by atoms with E-state index >= 15 is 0 Å². The number of amides is 2. The van der Waals surface area contributed by atoms with Gasteiger partial charge in [-0.3, -0.25) is 9.59 Å². The van der Waals surface area contributed by atoms with Crippen LogP contribution in [0.25, 0.3) is 0 Å². The molecule has 2 amide bonds. The molecule has 2 fully saturated rings. The summed E-state index contributed by atoms with van der Waals surface area (Å²) in [5, 5.41) is 2.98. The molecular formula is C19H26N2O3. The molecule has 0 aliphatic carbocycles. The highest BCUT2D eigenvalue weighted by Gasteiger charge is 2.36. The second-order valence-electron chi connectivity index (χ2n) is 6.80. The molecule has 1 N–H and O–H groups in total. The van der Waals surface area contributed by atoms with Crippen LogP contribution in [-0.4, -0.2) is 42.0 Å². The second kappa shape index (κ2) is 7.79. The minimum atomic E-state index is -0.359. The van der Waals surface area contributed by atoms with Crippen molar-refractivity contribution in [1.82, 2.24) is 10.2 Å². The van der Waals surface area contributed by atoms with Crippen LogP contribution in [-0.2, 0) is 20.9 Å². The number of nitrogens with one attached hydrogen (secondary N) is 1. The first-order valence-electron chi connectivity index (χ1n) is 8.88. The maximum Gasteiger partial charge on any atom is 0.242 e. The smallest absolute Gasteiger partial charge is 0.242 e. The number of rotatable bonds is 5. The van der Waals surface area contributed by atoms with Crippen LogP contribution < -0.4 is 5.32 Å². The van der Waals surface area contributed by atoms with Crippen LogP contribution in [0.2, 0.25) is 0 Å². The van der Waals surface area contributed by atoms with Gasteiger partial charge in [0, 0.05) is 26.1 Å². The Morgan fingerprint density at radius 3 is 2.75 bits per heavy atom. The van der Waals surface area contributed by atoms with E-state index in [9.17, 15) is 9.59 Å². The Kier molecular flexibility index (Phi) is 5.51. The molecule has 2 aliphatic heterocycles. The van der Waals surface area contributed by atoms with Gasteiger partial charge in [-0.25, -0.2) is 0 Å². The minimum Gasteiger partial charge on any atom is -0.376 e. The van der Waals surface area contributed by atoms with E-state index in [2.05, 4.69) is 5.32 Å². The van der Waals surface area contributed by atoms with Crippen molar-refractivity contribution in [2.24, 2.45) is 0 Å². The highest BCUT2D eigenvalue weighted by atomic mass is 16.5. The minimum absolute atomic E-state index is 0.0536. The van der Waals surface area contributed by atoms with Crippen molar-refractivity contribution in [2.75, 3.05) is 13.2 Å². The number of likely N-dealkylation sites (tertiary alicyclic amines) is 1. The first kappa shape index (κ1) is 17.0. The number of aryl methyl sites for hydroxylation is 1. The van der Waals surface area contributed by atoms with E-state index in [4.69, 9.17) is 4.74 Å². The quantitative estimate of drug-likeness (QED) is 0.900. The van der Waals surface area contributed by atoms with Gasteiger partial charge >= 0.3 is 0 Å². The van der Waals surface area contributed by atoms with Gasteiger partial charge in [-0.05, 0) is 38.2 Å². The average Bonchev–Trinajstić information content (AvgIpc) is 2.96. The molecule has 0 spiro atoms. The van der Waals surface area contributed by atoms with Gasteiger partial charge in [-0.1, -0.05) is 29.8 Å². The molecule has 2 atom stereocenters. The number of benzene rings is 1. The summed E-state index contributed by atoms with van der Waals surface area (Å²) in [6.45, 7) is 3.86. The third-order valence-electron chi connectivity index (χ3n) is 4.88. The molecular weight excluding hydrogens is 304 g/mol. The Bertz CT molecular complexity index is 579. The Morgan fingerprint density at radius 1 is 1.25 bits per heavy atom. The molecule has 1 aromatic carbocycles. The van der Waals surface area contributed by atoms with E-state index in [1.807, 2.05) is 31.2 Å². The number of ether oxygens (including phenoxy) is 1. The fraction of sp³-hybridized carbons (Fsp3) is 0.579. The summed E-state index contributed by atoms with van der Waals surface area (Å²) in [6, 6.07) is 7.75. The molecule has 1 aromatic rings. The van der Waals surface area contributed by atoms with Crippen LogP contribution >= 0.6 is 0 Å². The van der Waals surface area contributed by atoms with Gasteiger partial charge in [0.25, 0.3) is 0 Å². The van der Waals surface area contributed by atoms with E-state index in [1.54, 1.807) is 4.90 Å². The fourth-order valence-electron chi connectivity index (χ4n) is 3.40. The zero-order valence-electron chi connectivity index (χ0n) is 14.3. The number of carbonyl (C=O) groups is 2. The maximum atomic E-state index is 12.5. The van der Waals surface area contributed by atoms with Gasteiger partial charge in [0.1, 0.15) is 6.04 Å². The largest absolute Gasteiger partial charge is 0.376 e. The van der Waals surface area contributed by atoms with Crippen molar-refractivity contribution >= 4 is 11.8 Å². The Morgan fingerprint density at radius 2 is 2.04 bits per heavy atom. The van der Waals surface area contributed by atoms with E-state index in [0.29, 0.717) is 25.9 Å². The Hall–Kier alpha value is -1.88. The van der Waals surface area contributed by atoms with Gasteiger partial charge in [0.15, 0.2) is 0 Å². The van der Waals surface area contributed by atoms with E-state index in [-0.39, 0.29) is 24.0 Å². The van der Waals surface area contributed by atoms with E-state index in [0.717, 1.165) is 31.4 Å². The normalized spacial score (nSPS) is 24.2. The molecule has 2 saturated heterocycles. The van der Waals surface area contributed by atoms with Crippen molar-refractivity contribution in [3.05, 3.63) is 35.4 Å². The summed E-state index contributed by atoms with van der Waals surface area (Å²) < 4.78 is 5.65. The summed E-state index contributed by atoms with van der Waals surface area (Å²) in [5.41, 5.74) is 2.25. The number of carbonyl (C=O) groups excluding carboxylic acids is 2. The lowest BCUT2D eigenvalue weighted by Crippen LogP contribution is -2.46. The summed E-state index contributed by atoms with van der Waals surface area (Å²) in [6.07, 6.45) is 4.42. The molecule has 130 valence electrons. The van der Waals surface area contributed by atoms with E-state index < -0.39 is 0 Å². The van der Waals surface area contributed by atoms with Crippen LogP contribution in [0.1, 0.15) is 43.2 Å². The molecule has 2 heterocycles. The molecule has 0 radical (unpaired) electrons. The van der Waals surface area contributed by atoms with Gasteiger partial charge in [0.2, 0.25) is 11.8 Å². The lowest BCUT2D eigenvalue weighted by atomic mass is 10.1. The van der Waals surface area contributed by atoms with E-state index in [1.165, 1.54) is 5.56 Å². The molecule has 5 heteroatoms. The molecule has 24 heavy (non-hydrogen) atoms. The van der Waals surface area contributed by atoms with Crippen LogP contribution in [0, 0.1) is 6.92 Å². The first-order valence-corrected chi connectivity index (χ1v) is 8.88. The third kappa shape index (κ3) is 4.15. The summed E-state index contributed by atoms with van der Waals surface area (Å²) in [7, 11) is 0. The number of hydrogen-bond donors (Lipinski definition) is 1. The van der Waals surface area contributed by atoms with Crippen molar-refractivity contribution in [3.8, 4) is 0 Å². The first-order chi connectivity index (χ1) is 11.6. The molecule has 0 unspecified atom stereocenters. The zero-order chi connectivity index (χ0) is 16.9. The molecule has 2 aliphatic rings. The summed E-state index contributed by atoms with van der Waals surface area (Å²) in [4.78, 5) is 26.4. The predicted molar refractivity (Wildman–Crippen MR) is 91.4 cm³/mol. The zero-order valence-corrected chi connectivity index (χ0v) is 14.3.